The third kappa shape index (κ3) is 5.02. The molecular weight excluding hydrogens is 136 g/mol. The highest BCUT2D eigenvalue weighted by Crippen LogP contribution is 1.79. The molecule has 0 aliphatic heterocycles. The monoisotopic (exact) mass is 146 g/mol. The van der Waals surface area contributed by atoms with E-state index < -0.39 is 4.92 Å². The van der Waals surface area contributed by atoms with Gasteiger partial charge in [-0.25, -0.2) is 0 Å². The summed E-state index contributed by atoms with van der Waals surface area (Å²) in [6.45, 7) is 2.01. The van der Waals surface area contributed by atoms with Crippen molar-refractivity contribution >= 4 is 5.91 Å². The van der Waals surface area contributed by atoms with Crippen molar-refractivity contribution in [1.82, 2.24) is 5.32 Å². The average Bonchev–Trinajstić information content (AvgIpc) is 1.85. The molecule has 0 radical (unpaired) electrons. The molecule has 5 nitrogen and oxygen atoms in total. The lowest BCUT2D eigenvalue weighted by Crippen LogP contribution is -2.24. The van der Waals surface area contributed by atoms with Crippen LogP contribution in [-0.4, -0.2) is 23.9 Å². The number of nitrogens with one attached hydrogen (secondary N) is 1. The van der Waals surface area contributed by atoms with E-state index in [-0.39, 0.29) is 18.9 Å². The minimum atomic E-state index is -0.505. The zero-order valence-corrected chi connectivity index (χ0v) is 5.79. The van der Waals surface area contributed by atoms with Gasteiger partial charge in [0, 0.05) is 11.5 Å². The second-order valence-corrected chi connectivity index (χ2v) is 1.76. The fourth-order valence-electron chi connectivity index (χ4n) is 0.478. The maximum Gasteiger partial charge on any atom is 0.226 e. The van der Waals surface area contributed by atoms with Crippen LogP contribution in [0.1, 0.15) is 13.3 Å². The first-order valence-electron chi connectivity index (χ1n) is 3.05. The van der Waals surface area contributed by atoms with Gasteiger partial charge in [0.15, 0.2) is 0 Å². The van der Waals surface area contributed by atoms with Gasteiger partial charge in [-0.15, -0.1) is 0 Å². The smallest absolute Gasteiger partial charge is 0.226 e. The van der Waals surface area contributed by atoms with Crippen molar-refractivity contribution in [2.45, 2.75) is 13.3 Å². The number of nitrogens with zero attached hydrogens (tertiary/aromatic N) is 1. The van der Waals surface area contributed by atoms with E-state index in [0.717, 1.165) is 0 Å². The van der Waals surface area contributed by atoms with Gasteiger partial charge < -0.3 is 5.32 Å². The van der Waals surface area contributed by atoms with Crippen LogP contribution in [0.2, 0.25) is 0 Å². The van der Waals surface area contributed by atoms with Crippen molar-refractivity contribution < 1.29 is 9.72 Å². The largest absolute Gasteiger partial charge is 0.356 e. The Morgan fingerprint density at radius 2 is 2.30 bits per heavy atom. The van der Waals surface area contributed by atoms with Gasteiger partial charge in [0.05, 0.1) is 6.42 Å². The lowest BCUT2D eigenvalue weighted by Gasteiger charge is -1.96. The zero-order chi connectivity index (χ0) is 7.98. The number of amides is 1. The molecule has 0 aromatic carbocycles. The maximum absolute atomic E-state index is 10.5. The van der Waals surface area contributed by atoms with Crippen LogP contribution in [0.15, 0.2) is 0 Å². The van der Waals surface area contributed by atoms with Crippen molar-refractivity contribution in [3.63, 3.8) is 0 Å². The molecule has 1 N–H and O–H groups in total. The standard InChI is InChI=1S/C5H10N2O3/c1-2-6-5(8)3-4-7(9)10/h2-4H2,1H3,(H,6,8). The first kappa shape index (κ1) is 8.87. The molecule has 0 saturated carbocycles. The van der Waals surface area contributed by atoms with Gasteiger partial charge in [-0.05, 0) is 6.92 Å². The number of rotatable bonds is 4. The number of hydrogen-bond donors (Lipinski definition) is 1. The van der Waals surface area contributed by atoms with E-state index in [0.29, 0.717) is 6.54 Å². The number of carbonyl (C=O) groups excluding carboxylic acids is 1. The highest BCUT2D eigenvalue weighted by atomic mass is 16.6. The normalized spacial score (nSPS) is 8.90. The quantitative estimate of drug-likeness (QED) is 0.440. The molecule has 1 amide bonds. The van der Waals surface area contributed by atoms with E-state index in [1.807, 2.05) is 0 Å². The van der Waals surface area contributed by atoms with Crippen LogP contribution >= 0.6 is 0 Å². The summed E-state index contributed by atoms with van der Waals surface area (Å²) >= 11 is 0. The van der Waals surface area contributed by atoms with Gasteiger partial charge in [-0.3, -0.25) is 14.9 Å². The maximum atomic E-state index is 10.5. The highest BCUT2D eigenvalue weighted by Gasteiger charge is 2.03. The SMILES string of the molecule is CCNC(=O)CC[N+](=O)[O-]. The van der Waals surface area contributed by atoms with E-state index in [9.17, 15) is 14.9 Å². The molecule has 0 aliphatic carbocycles. The molecule has 0 fully saturated rings. The second kappa shape index (κ2) is 4.72. The molecule has 58 valence electrons. The molecule has 0 spiro atoms. The molecule has 5 heteroatoms. The highest BCUT2D eigenvalue weighted by molar-refractivity contribution is 5.75. The van der Waals surface area contributed by atoms with E-state index in [1.165, 1.54) is 0 Å². The van der Waals surface area contributed by atoms with Gasteiger partial charge in [-0.2, -0.15) is 0 Å². The van der Waals surface area contributed by atoms with Crippen LogP contribution in [0.4, 0.5) is 0 Å². The van der Waals surface area contributed by atoms with E-state index >= 15 is 0 Å². The Kier molecular flexibility index (Phi) is 4.19. The van der Waals surface area contributed by atoms with Gasteiger partial charge in [-0.1, -0.05) is 0 Å². The second-order valence-electron chi connectivity index (χ2n) is 1.76. The molecule has 10 heavy (non-hydrogen) atoms. The number of carbonyl (C=O) groups is 1. The first-order chi connectivity index (χ1) is 4.66. The van der Waals surface area contributed by atoms with Crippen molar-refractivity contribution in [1.29, 1.82) is 0 Å². The number of nitro groups is 1. The molecule has 0 unspecified atom stereocenters. The summed E-state index contributed by atoms with van der Waals surface area (Å²) in [6.07, 6.45) is -0.0269. The Morgan fingerprint density at radius 3 is 2.70 bits per heavy atom. The van der Waals surface area contributed by atoms with E-state index in [1.54, 1.807) is 6.92 Å². The average molecular weight is 146 g/mol. The topological polar surface area (TPSA) is 72.2 Å². The predicted molar refractivity (Wildman–Crippen MR) is 35.2 cm³/mol. The Labute approximate surface area is 58.6 Å². The Bertz CT molecular complexity index is 135. The lowest BCUT2D eigenvalue weighted by molar-refractivity contribution is -0.478. The van der Waals surface area contributed by atoms with Crippen LogP contribution in [0.3, 0.4) is 0 Å². The summed E-state index contributed by atoms with van der Waals surface area (Å²) in [5, 5.41) is 12.2. The number of hydrogen-bond acceptors (Lipinski definition) is 3. The van der Waals surface area contributed by atoms with Crippen LogP contribution in [0, 0.1) is 10.1 Å². The fraction of sp³-hybridized carbons (Fsp3) is 0.800. The summed E-state index contributed by atoms with van der Waals surface area (Å²) in [5.74, 6) is -0.265. The molecule has 0 aromatic rings. The Hall–Kier alpha value is -1.13. The van der Waals surface area contributed by atoms with Crippen molar-refractivity contribution in [2.24, 2.45) is 0 Å². The molecule has 0 bridgehead atoms. The molecule has 0 heterocycles. The predicted octanol–water partition coefficient (Wildman–Crippen LogP) is -0.211. The van der Waals surface area contributed by atoms with Gasteiger partial charge in [0.25, 0.3) is 0 Å². The van der Waals surface area contributed by atoms with Crippen molar-refractivity contribution in [2.75, 3.05) is 13.1 Å². The van der Waals surface area contributed by atoms with Crippen LogP contribution in [-0.2, 0) is 4.79 Å². The molecule has 0 atom stereocenters. The minimum Gasteiger partial charge on any atom is -0.356 e. The van der Waals surface area contributed by atoms with E-state index in [2.05, 4.69) is 5.32 Å². The third-order valence-corrected chi connectivity index (χ3v) is 0.895. The van der Waals surface area contributed by atoms with Crippen LogP contribution in [0.25, 0.3) is 0 Å². The summed E-state index contributed by atoms with van der Waals surface area (Å²) in [4.78, 5) is 19.8. The van der Waals surface area contributed by atoms with E-state index in [4.69, 9.17) is 0 Å². The molecule has 0 saturated heterocycles. The Morgan fingerprint density at radius 1 is 1.70 bits per heavy atom. The summed E-state index contributed by atoms with van der Waals surface area (Å²) in [5.41, 5.74) is 0. The van der Waals surface area contributed by atoms with Crippen LogP contribution in [0.5, 0.6) is 0 Å². The summed E-state index contributed by atoms with van der Waals surface area (Å²) in [7, 11) is 0. The van der Waals surface area contributed by atoms with Crippen molar-refractivity contribution in [3.8, 4) is 0 Å². The minimum absolute atomic E-state index is 0.0269. The van der Waals surface area contributed by atoms with Gasteiger partial charge in [0.2, 0.25) is 12.5 Å². The fourth-order valence-corrected chi connectivity index (χ4v) is 0.478. The lowest BCUT2D eigenvalue weighted by atomic mass is 10.4. The molecule has 0 aliphatic rings. The van der Waals surface area contributed by atoms with Gasteiger partial charge >= 0.3 is 0 Å². The Balaban J connectivity index is 3.30. The third-order valence-electron chi connectivity index (χ3n) is 0.895. The zero-order valence-electron chi connectivity index (χ0n) is 5.79. The molecule has 0 aromatic heterocycles. The van der Waals surface area contributed by atoms with Gasteiger partial charge in [0.1, 0.15) is 0 Å². The van der Waals surface area contributed by atoms with Crippen molar-refractivity contribution in [3.05, 3.63) is 10.1 Å². The molecular formula is C5H10N2O3. The first-order valence-corrected chi connectivity index (χ1v) is 3.05. The summed E-state index contributed by atoms with van der Waals surface area (Å²) in [6, 6.07) is 0. The van der Waals surface area contributed by atoms with Crippen LogP contribution < -0.4 is 5.32 Å². The molecule has 0 rings (SSSR count). The summed E-state index contributed by atoms with van der Waals surface area (Å²) < 4.78 is 0.